The second-order valence-corrected chi connectivity index (χ2v) is 15.9. The zero-order chi connectivity index (χ0) is 38.3. The Morgan fingerprint density at radius 1 is 0.549 bits per heavy atom. The van der Waals surface area contributed by atoms with E-state index in [1.807, 2.05) is 0 Å². The Kier molecular flexibility index (Phi) is 39.1. The second kappa shape index (κ2) is 38.5. The van der Waals surface area contributed by atoms with Crippen molar-refractivity contribution in [3.05, 3.63) is 0 Å². The number of quaternary nitrogens is 1. The largest absolute Gasteiger partial charge is 0.726 e. The van der Waals surface area contributed by atoms with Gasteiger partial charge in [0.2, 0.25) is 22.2 Å². The van der Waals surface area contributed by atoms with Crippen molar-refractivity contribution in [1.82, 2.24) is 10.6 Å². The number of carbonyl (C=O) groups is 2. The highest BCUT2D eigenvalue weighted by molar-refractivity contribution is 7.80. The van der Waals surface area contributed by atoms with Crippen LogP contribution in [-0.2, 0) is 24.2 Å². The van der Waals surface area contributed by atoms with Crippen molar-refractivity contribution in [1.29, 1.82) is 0 Å². The summed E-state index contributed by atoms with van der Waals surface area (Å²) in [5.41, 5.74) is 0. The molecule has 3 N–H and O–H groups in total. The number of aliphatic hydroxyl groups is 1. The third-order valence-electron chi connectivity index (χ3n) is 9.81. The van der Waals surface area contributed by atoms with Gasteiger partial charge >= 0.3 is 0 Å². The summed E-state index contributed by atoms with van der Waals surface area (Å²) >= 11 is 0. The molecule has 0 atom stereocenters. The molecule has 11 heteroatoms. The molecule has 10 nitrogen and oxygen atoms in total. The van der Waals surface area contributed by atoms with E-state index in [-0.39, 0.29) is 18.4 Å². The van der Waals surface area contributed by atoms with Crippen molar-refractivity contribution in [3.63, 3.8) is 0 Å². The van der Waals surface area contributed by atoms with Gasteiger partial charge in [-0.25, -0.2) is 8.42 Å². The first-order valence-corrected chi connectivity index (χ1v) is 22.4. The van der Waals surface area contributed by atoms with E-state index in [0.717, 1.165) is 45.9 Å². The summed E-state index contributed by atoms with van der Waals surface area (Å²) in [6.45, 7) is 8.03. The molecular formula is C40H83N3O7S. The summed E-state index contributed by atoms with van der Waals surface area (Å²) < 4.78 is 31.7. The molecule has 51 heavy (non-hydrogen) atoms. The lowest BCUT2D eigenvalue weighted by Gasteiger charge is -2.34. The Morgan fingerprint density at radius 3 is 1.04 bits per heavy atom. The third kappa shape index (κ3) is 43.0. The topological polar surface area (TPSA) is 145 Å². The molecule has 0 heterocycles. The number of aliphatic hydroxyl groups excluding tert-OH is 1. The minimum atomic E-state index is -4.41. The molecule has 0 saturated carbocycles. The minimum Gasteiger partial charge on any atom is -0.726 e. The zero-order valence-corrected chi connectivity index (χ0v) is 34.6. The summed E-state index contributed by atoms with van der Waals surface area (Å²) in [5, 5.41) is 15.8. The smallest absolute Gasteiger partial charge is 0.220 e. The van der Waals surface area contributed by atoms with Crippen molar-refractivity contribution in [2.45, 2.75) is 194 Å². The Labute approximate surface area is 315 Å². The van der Waals surface area contributed by atoms with Crippen LogP contribution in [0.5, 0.6) is 0 Å². The molecule has 0 bridgehead atoms. The van der Waals surface area contributed by atoms with Gasteiger partial charge in [0.25, 0.3) is 0 Å². The van der Waals surface area contributed by atoms with E-state index in [0.29, 0.717) is 37.0 Å². The molecule has 0 aliphatic carbocycles. The summed E-state index contributed by atoms with van der Waals surface area (Å²) in [6, 6.07) is 0. The molecule has 0 aliphatic heterocycles. The maximum absolute atomic E-state index is 12.3. The Balaban J connectivity index is 0. The van der Waals surface area contributed by atoms with Crippen LogP contribution >= 0.6 is 0 Å². The van der Waals surface area contributed by atoms with Crippen molar-refractivity contribution < 1.29 is 36.3 Å². The highest BCUT2D eigenvalue weighted by Gasteiger charge is 2.21. The van der Waals surface area contributed by atoms with E-state index in [1.54, 1.807) is 0 Å². The number of hydrogen-bond donors (Lipinski definition) is 3. The van der Waals surface area contributed by atoms with Gasteiger partial charge in [0.05, 0.1) is 46.9 Å². The molecule has 0 spiro atoms. The number of amides is 2. The average molecular weight is 750 g/mol. The molecule has 0 saturated heterocycles. The van der Waals surface area contributed by atoms with Crippen molar-refractivity contribution in [3.8, 4) is 0 Å². The van der Waals surface area contributed by atoms with Crippen LogP contribution in [-0.4, -0.2) is 87.9 Å². The predicted molar refractivity (Wildman–Crippen MR) is 211 cm³/mol. The van der Waals surface area contributed by atoms with Crippen LogP contribution in [0.1, 0.15) is 194 Å². The summed E-state index contributed by atoms with van der Waals surface area (Å²) in [7, 11) is -1.50. The van der Waals surface area contributed by atoms with Gasteiger partial charge in [-0.2, -0.15) is 0 Å². The van der Waals surface area contributed by atoms with Gasteiger partial charge in [-0.05, 0) is 12.8 Å². The molecule has 0 rings (SSSR count). The average Bonchev–Trinajstić information content (AvgIpc) is 3.09. The molecule has 0 unspecified atom stereocenters. The molecule has 0 aromatic rings. The lowest BCUT2D eigenvalue weighted by molar-refractivity contribution is -0.907. The maximum atomic E-state index is 12.3. The molecule has 306 valence electrons. The second-order valence-electron chi connectivity index (χ2n) is 14.8. The third-order valence-corrected chi connectivity index (χ3v) is 10.2. The highest BCUT2D eigenvalue weighted by atomic mass is 32.3. The molecule has 0 aromatic heterocycles. The van der Waals surface area contributed by atoms with Gasteiger partial charge in [-0.1, -0.05) is 168 Å². The van der Waals surface area contributed by atoms with Crippen LogP contribution in [0.4, 0.5) is 0 Å². The number of carbonyl (C=O) groups excluding carboxylic acids is 2. The van der Waals surface area contributed by atoms with Gasteiger partial charge in [-0.15, -0.1) is 0 Å². The standard InChI is InChI=1S/C39H79N3O3.CH4O4S/c1-4-6-8-10-12-14-16-18-20-22-24-26-28-30-38(44)40-32-34-42(3,36-37-43)35-33-41-39(45)31-29-27-25-23-21-19-17-15-13-11-9-7-5-2;1-5-6(2,3)4/h43H,4-37H2,1-3H3,(H-,40,41,44,45);1H3,(H,2,3,4). The molecule has 0 fully saturated rings. The quantitative estimate of drug-likeness (QED) is 0.0249. The fraction of sp³-hybridized carbons (Fsp3) is 0.950. The van der Waals surface area contributed by atoms with Gasteiger partial charge < -0.3 is 24.8 Å². The zero-order valence-electron chi connectivity index (χ0n) is 33.8. The lowest BCUT2D eigenvalue weighted by Crippen LogP contribution is -2.53. The normalized spacial score (nSPS) is 11.6. The summed E-state index contributed by atoms with van der Waals surface area (Å²) in [4.78, 5) is 24.7. The number of unbranched alkanes of at least 4 members (excludes halogenated alkanes) is 24. The van der Waals surface area contributed by atoms with Crippen LogP contribution in [0.25, 0.3) is 0 Å². The predicted octanol–water partition coefficient (Wildman–Crippen LogP) is 8.71. The summed E-state index contributed by atoms with van der Waals surface area (Å²) in [5.74, 6) is 0.277. The van der Waals surface area contributed by atoms with Crippen molar-refractivity contribution >= 4 is 22.2 Å². The Morgan fingerprint density at radius 2 is 0.804 bits per heavy atom. The number of nitrogens with zero attached hydrogens (tertiary/aromatic N) is 1. The van der Waals surface area contributed by atoms with Gasteiger partial charge in [0.15, 0.2) is 0 Å². The van der Waals surface area contributed by atoms with E-state index >= 15 is 0 Å². The number of nitrogens with one attached hydrogen (secondary N) is 2. The van der Waals surface area contributed by atoms with Crippen LogP contribution in [0.2, 0.25) is 0 Å². The van der Waals surface area contributed by atoms with Gasteiger partial charge in [-0.3, -0.25) is 13.8 Å². The Hall–Kier alpha value is -1.27. The number of rotatable bonds is 37. The molecule has 0 aliphatic rings. The SMILES string of the molecule is CCCCCCCCCCCCCCCC(=O)NCC[N+](C)(CCO)CCNC(=O)CCCCCCCCCCCCCCC.COS(=O)(=O)[O-]. The summed E-state index contributed by atoms with van der Waals surface area (Å²) in [6.07, 6.45) is 35.3. The van der Waals surface area contributed by atoms with E-state index < -0.39 is 10.4 Å². The maximum Gasteiger partial charge on any atom is 0.220 e. The van der Waals surface area contributed by atoms with Crippen LogP contribution < -0.4 is 10.6 Å². The molecule has 0 radical (unpaired) electrons. The van der Waals surface area contributed by atoms with E-state index in [1.165, 1.54) is 141 Å². The van der Waals surface area contributed by atoms with Crippen molar-refractivity contribution in [2.75, 3.05) is 53.5 Å². The van der Waals surface area contributed by atoms with Crippen LogP contribution in [0.3, 0.4) is 0 Å². The first kappa shape index (κ1) is 51.8. The molecule has 0 aromatic carbocycles. The number of hydrogen-bond acceptors (Lipinski definition) is 7. The van der Waals surface area contributed by atoms with Gasteiger partial charge in [0, 0.05) is 12.8 Å². The lowest BCUT2D eigenvalue weighted by atomic mass is 10.0. The van der Waals surface area contributed by atoms with Crippen LogP contribution in [0, 0.1) is 0 Å². The Bertz CT molecular complexity index is 826. The fourth-order valence-electron chi connectivity index (χ4n) is 6.29. The number of likely N-dealkylation sites (N-methyl/N-ethyl adjacent to an activating group) is 1. The minimum absolute atomic E-state index is 0.107. The van der Waals surface area contributed by atoms with E-state index in [2.05, 4.69) is 35.7 Å². The first-order valence-electron chi connectivity index (χ1n) is 21.0. The molecular weight excluding hydrogens is 667 g/mol. The van der Waals surface area contributed by atoms with E-state index in [4.69, 9.17) is 0 Å². The fourth-order valence-corrected chi connectivity index (χ4v) is 6.29. The van der Waals surface area contributed by atoms with E-state index in [9.17, 15) is 27.7 Å². The van der Waals surface area contributed by atoms with Crippen LogP contribution in [0.15, 0.2) is 0 Å². The monoisotopic (exact) mass is 750 g/mol. The first-order chi connectivity index (χ1) is 24.5. The highest BCUT2D eigenvalue weighted by Crippen LogP contribution is 2.14. The van der Waals surface area contributed by atoms with Crippen molar-refractivity contribution in [2.24, 2.45) is 0 Å². The van der Waals surface area contributed by atoms with Gasteiger partial charge in [0.1, 0.15) is 6.54 Å². The molecule has 2 amide bonds.